The summed E-state index contributed by atoms with van der Waals surface area (Å²) >= 11 is 12.3. The molecule has 2 aliphatic heterocycles. The molecule has 3 aromatic heterocycles. The maximum Gasteiger partial charge on any atom is 0.141 e. The molecule has 0 aliphatic carbocycles. The normalized spacial score (nSPS) is 18.7. The van der Waals surface area contributed by atoms with Crippen molar-refractivity contribution in [2.24, 2.45) is 0 Å². The second-order valence-electron chi connectivity index (χ2n) is 9.06. The van der Waals surface area contributed by atoms with E-state index in [0.29, 0.717) is 22.1 Å². The van der Waals surface area contributed by atoms with E-state index in [1.807, 2.05) is 30.6 Å². The van der Waals surface area contributed by atoms with Gasteiger partial charge in [-0.2, -0.15) is 5.10 Å². The Kier molecular flexibility index (Phi) is 5.58. The summed E-state index contributed by atoms with van der Waals surface area (Å²) in [5.41, 5.74) is 4.00. The second kappa shape index (κ2) is 8.72. The Balaban J connectivity index is 1.03. The molecular formula is C24H25Cl2N7. The largest absolute Gasteiger partial charge is 0.346 e. The molecule has 5 heterocycles. The third kappa shape index (κ3) is 4.26. The second-order valence-corrected chi connectivity index (χ2v) is 9.94. The van der Waals surface area contributed by atoms with E-state index >= 15 is 0 Å². The van der Waals surface area contributed by atoms with Crippen molar-refractivity contribution in [2.75, 3.05) is 26.2 Å². The third-order valence-electron chi connectivity index (χ3n) is 6.90. The van der Waals surface area contributed by atoms with Crippen LogP contribution in [0.25, 0.3) is 22.3 Å². The molecule has 0 amide bonds. The van der Waals surface area contributed by atoms with Crippen molar-refractivity contribution >= 4 is 34.2 Å². The van der Waals surface area contributed by atoms with Gasteiger partial charge in [0.1, 0.15) is 12.0 Å². The number of nitrogens with one attached hydrogen (secondary N) is 1. The number of hydrogen-bond acceptors (Lipinski definition) is 5. The van der Waals surface area contributed by atoms with Crippen molar-refractivity contribution in [3.05, 3.63) is 64.8 Å². The molecular weight excluding hydrogens is 457 g/mol. The van der Waals surface area contributed by atoms with Crippen LogP contribution in [0.1, 0.15) is 24.4 Å². The number of rotatable bonds is 5. The predicted molar refractivity (Wildman–Crippen MR) is 130 cm³/mol. The number of halogens is 2. The number of benzene rings is 1. The van der Waals surface area contributed by atoms with Crippen LogP contribution in [0.3, 0.4) is 0 Å². The molecule has 0 spiro atoms. The van der Waals surface area contributed by atoms with Gasteiger partial charge in [0.2, 0.25) is 0 Å². The Labute approximate surface area is 202 Å². The van der Waals surface area contributed by atoms with Gasteiger partial charge in [0.25, 0.3) is 0 Å². The Morgan fingerprint density at radius 2 is 1.79 bits per heavy atom. The van der Waals surface area contributed by atoms with E-state index in [0.717, 1.165) is 55.0 Å². The number of fused-ring (bicyclic) bond motifs is 1. The van der Waals surface area contributed by atoms with Gasteiger partial charge in [-0.1, -0.05) is 23.2 Å². The maximum absolute atomic E-state index is 6.16. The highest BCUT2D eigenvalue weighted by atomic mass is 35.5. The lowest BCUT2D eigenvalue weighted by Crippen LogP contribution is -2.55. The first-order valence-corrected chi connectivity index (χ1v) is 12.1. The van der Waals surface area contributed by atoms with Crippen LogP contribution in [0.4, 0.5) is 0 Å². The zero-order valence-electron chi connectivity index (χ0n) is 18.2. The smallest absolute Gasteiger partial charge is 0.141 e. The molecule has 7 nitrogen and oxygen atoms in total. The Morgan fingerprint density at radius 3 is 2.58 bits per heavy atom. The first-order valence-electron chi connectivity index (χ1n) is 11.4. The van der Waals surface area contributed by atoms with Crippen molar-refractivity contribution in [3.8, 4) is 11.3 Å². The van der Waals surface area contributed by atoms with Gasteiger partial charge in [0.15, 0.2) is 0 Å². The van der Waals surface area contributed by atoms with Crippen LogP contribution in [0.15, 0.2) is 49.2 Å². The number of hydrogen-bond donors (Lipinski definition) is 1. The van der Waals surface area contributed by atoms with Gasteiger partial charge in [0, 0.05) is 59.1 Å². The molecule has 33 heavy (non-hydrogen) atoms. The molecule has 2 fully saturated rings. The molecule has 4 aromatic rings. The van der Waals surface area contributed by atoms with Gasteiger partial charge in [-0.15, -0.1) is 0 Å². The number of H-pyrrole nitrogens is 1. The van der Waals surface area contributed by atoms with Crippen LogP contribution < -0.4 is 0 Å². The summed E-state index contributed by atoms with van der Waals surface area (Å²) in [4.78, 5) is 17.0. The van der Waals surface area contributed by atoms with Crippen LogP contribution >= 0.6 is 23.2 Å². The third-order valence-corrected chi connectivity index (χ3v) is 7.33. The average Bonchev–Trinajstić information content (AvgIpc) is 3.43. The van der Waals surface area contributed by atoms with Crippen molar-refractivity contribution in [3.63, 3.8) is 0 Å². The molecule has 0 bridgehead atoms. The topological polar surface area (TPSA) is 65.9 Å². The van der Waals surface area contributed by atoms with Gasteiger partial charge in [-0.05, 0) is 55.8 Å². The lowest BCUT2D eigenvalue weighted by atomic mass is 9.97. The predicted octanol–water partition coefficient (Wildman–Crippen LogP) is 4.65. The van der Waals surface area contributed by atoms with E-state index in [1.165, 1.54) is 18.4 Å². The van der Waals surface area contributed by atoms with E-state index in [-0.39, 0.29) is 0 Å². The number of likely N-dealkylation sites (tertiary alicyclic amines) is 2. The zero-order chi connectivity index (χ0) is 22.4. The van der Waals surface area contributed by atoms with Crippen molar-refractivity contribution in [2.45, 2.75) is 31.5 Å². The van der Waals surface area contributed by atoms with E-state index in [9.17, 15) is 0 Å². The van der Waals surface area contributed by atoms with Crippen LogP contribution in [-0.4, -0.2) is 66.8 Å². The number of aromatic amines is 1. The molecule has 0 radical (unpaired) electrons. The van der Waals surface area contributed by atoms with E-state index < -0.39 is 0 Å². The molecule has 0 unspecified atom stereocenters. The van der Waals surface area contributed by atoms with Crippen molar-refractivity contribution in [1.82, 2.24) is 34.5 Å². The SMILES string of the molecule is Clc1cc(Cl)cc(CN2CCC(N3CC(n4cc(-c5ncnc6[nH]ccc56)cn4)C3)CC2)c1. The highest BCUT2D eigenvalue weighted by molar-refractivity contribution is 6.34. The minimum Gasteiger partial charge on any atom is -0.346 e. The highest BCUT2D eigenvalue weighted by Gasteiger charge is 2.35. The summed E-state index contributed by atoms with van der Waals surface area (Å²) in [6.45, 7) is 5.21. The molecule has 0 atom stereocenters. The van der Waals surface area contributed by atoms with Gasteiger partial charge >= 0.3 is 0 Å². The van der Waals surface area contributed by atoms with Crippen molar-refractivity contribution < 1.29 is 0 Å². The molecule has 1 aromatic carbocycles. The molecule has 6 rings (SSSR count). The summed E-state index contributed by atoms with van der Waals surface area (Å²) < 4.78 is 2.10. The first kappa shape index (κ1) is 21.1. The fourth-order valence-corrected chi connectivity index (χ4v) is 5.69. The van der Waals surface area contributed by atoms with Gasteiger partial charge < -0.3 is 4.98 Å². The summed E-state index contributed by atoms with van der Waals surface area (Å²) in [6.07, 6.45) is 9.92. The maximum atomic E-state index is 6.16. The molecule has 170 valence electrons. The Morgan fingerprint density at radius 1 is 1.00 bits per heavy atom. The quantitative estimate of drug-likeness (QED) is 0.449. The number of nitrogens with zero attached hydrogens (tertiary/aromatic N) is 6. The number of aromatic nitrogens is 5. The summed E-state index contributed by atoms with van der Waals surface area (Å²) in [7, 11) is 0. The van der Waals surface area contributed by atoms with Gasteiger partial charge in [-0.25, -0.2) is 9.97 Å². The molecule has 2 aliphatic rings. The highest BCUT2D eigenvalue weighted by Crippen LogP contribution is 2.31. The van der Waals surface area contributed by atoms with Crippen LogP contribution in [-0.2, 0) is 6.54 Å². The van der Waals surface area contributed by atoms with Gasteiger partial charge in [-0.3, -0.25) is 14.5 Å². The van der Waals surface area contributed by atoms with Crippen LogP contribution in [0.5, 0.6) is 0 Å². The zero-order valence-corrected chi connectivity index (χ0v) is 19.7. The lowest BCUT2D eigenvalue weighted by molar-refractivity contribution is 0.0191. The minimum absolute atomic E-state index is 0.425. The van der Waals surface area contributed by atoms with Crippen LogP contribution in [0, 0.1) is 0 Å². The monoisotopic (exact) mass is 481 g/mol. The van der Waals surface area contributed by atoms with E-state index in [4.69, 9.17) is 23.2 Å². The molecule has 2 saturated heterocycles. The fraction of sp³-hybridized carbons (Fsp3) is 0.375. The molecule has 0 saturated carbocycles. The summed E-state index contributed by atoms with van der Waals surface area (Å²) in [5.74, 6) is 0. The standard InChI is InChI=1S/C24H25Cl2N7/c25-18-7-16(8-19(26)9-18)11-31-5-2-20(3-6-31)32-13-21(14-32)33-12-17(10-30-33)23-22-1-4-27-24(22)29-15-28-23/h1,4,7-10,12,15,20-21H,2-3,5-6,11,13-14H2,(H,27,28,29). The minimum atomic E-state index is 0.425. The number of piperidine rings is 1. The summed E-state index contributed by atoms with van der Waals surface area (Å²) in [6, 6.07) is 8.91. The average molecular weight is 482 g/mol. The Bertz CT molecular complexity index is 1250. The Hall–Kier alpha value is -2.45. The van der Waals surface area contributed by atoms with E-state index in [1.54, 1.807) is 12.4 Å². The molecule has 1 N–H and O–H groups in total. The first-order chi connectivity index (χ1) is 16.1. The van der Waals surface area contributed by atoms with Gasteiger partial charge in [0.05, 0.1) is 17.9 Å². The van der Waals surface area contributed by atoms with Crippen molar-refractivity contribution in [1.29, 1.82) is 0 Å². The summed E-state index contributed by atoms with van der Waals surface area (Å²) in [5, 5.41) is 7.09. The lowest BCUT2D eigenvalue weighted by Gasteiger charge is -2.47. The molecule has 9 heteroatoms. The fourth-order valence-electron chi connectivity index (χ4n) is 5.12. The van der Waals surface area contributed by atoms with E-state index in [2.05, 4.69) is 40.7 Å². The van der Waals surface area contributed by atoms with Crippen LogP contribution in [0.2, 0.25) is 10.0 Å².